The van der Waals surface area contributed by atoms with Gasteiger partial charge in [-0.25, -0.2) is 37.8 Å². The van der Waals surface area contributed by atoms with Gasteiger partial charge < -0.3 is 20.7 Å². The second kappa shape index (κ2) is 13.1. The lowest BCUT2D eigenvalue weighted by molar-refractivity contribution is -0.124. The number of nitrogen functional groups attached to an aromatic ring is 1. The number of aromatic nitrogens is 7. The number of nitrogens with zero attached hydrogens (tertiary/aromatic N) is 8. The second-order valence-electron chi connectivity index (χ2n) is 11.2. The Morgan fingerprint density at radius 3 is 2.48 bits per heavy atom. The molecule has 6 rings (SSSR count). The van der Waals surface area contributed by atoms with Crippen molar-refractivity contribution in [2.45, 2.75) is 31.0 Å². The van der Waals surface area contributed by atoms with Crippen LogP contribution in [0.25, 0.3) is 22.6 Å². The molecule has 1 atom stereocenters. The number of likely N-dealkylation sites (tertiary alicyclic amines) is 1. The summed E-state index contributed by atoms with van der Waals surface area (Å²) in [5.74, 6) is -2.32. The van der Waals surface area contributed by atoms with Gasteiger partial charge in [-0.1, -0.05) is 6.07 Å². The molecule has 1 fully saturated rings. The number of benzene rings is 2. The van der Waals surface area contributed by atoms with Gasteiger partial charge in [0.25, 0.3) is 0 Å². The van der Waals surface area contributed by atoms with Crippen molar-refractivity contribution < 1.29 is 23.1 Å². The molecule has 1 amide bonds. The number of nitrogens with one attached hydrogen (secondary N) is 1. The van der Waals surface area contributed by atoms with Crippen LogP contribution in [0.3, 0.4) is 0 Å². The van der Waals surface area contributed by atoms with E-state index in [0.717, 1.165) is 23.4 Å². The summed E-state index contributed by atoms with van der Waals surface area (Å²) in [6.45, 7) is 0.675. The highest BCUT2D eigenvalue weighted by Gasteiger charge is 2.34. The van der Waals surface area contributed by atoms with Crippen LogP contribution in [0.2, 0.25) is 0 Å². The number of hydrogen-bond donors (Lipinski definition) is 3. The quantitative estimate of drug-likeness (QED) is 0.211. The van der Waals surface area contributed by atoms with Gasteiger partial charge >= 0.3 is 0 Å². The average Bonchev–Trinajstić information content (AvgIpc) is 3.71. The van der Waals surface area contributed by atoms with Crippen molar-refractivity contribution in [3.8, 4) is 22.6 Å². The molecule has 0 spiro atoms. The normalized spacial score (nSPS) is 15.5. The summed E-state index contributed by atoms with van der Waals surface area (Å²) < 4.78 is 45.3. The Labute approximate surface area is 261 Å². The third-order valence-corrected chi connectivity index (χ3v) is 8.05. The fraction of sp³-hybridized carbons (Fsp3) is 0.290. The van der Waals surface area contributed by atoms with E-state index in [2.05, 4.69) is 30.4 Å². The first kappa shape index (κ1) is 30.9. The van der Waals surface area contributed by atoms with E-state index in [9.17, 15) is 23.1 Å². The minimum absolute atomic E-state index is 0.0291. The van der Waals surface area contributed by atoms with Crippen LogP contribution in [0.15, 0.2) is 73.7 Å². The summed E-state index contributed by atoms with van der Waals surface area (Å²) >= 11 is 0. The Bertz CT molecular complexity index is 1810. The van der Waals surface area contributed by atoms with Gasteiger partial charge in [-0.3, -0.25) is 9.69 Å². The van der Waals surface area contributed by atoms with Gasteiger partial charge in [0.05, 0.1) is 43.0 Å². The van der Waals surface area contributed by atoms with E-state index < -0.39 is 17.2 Å². The number of anilines is 1. The predicted octanol–water partition coefficient (Wildman–Crippen LogP) is 2.94. The molecule has 1 aliphatic heterocycles. The summed E-state index contributed by atoms with van der Waals surface area (Å²) in [5, 5.41) is 18.1. The first-order chi connectivity index (χ1) is 22.2. The average molecular weight is 633 g/mol. The molecule has 12 nitrogen and oxygen atoms in total. The molecule has 0 saturated carbocycles. The maximum atomic E-state index is 14.7. The molecule has 4 N–H and O–H groups in total. The molecule has 0 bridgehead atoms. The fourth-order valence-electron chi connectivity index (χ4n) is 5.76. The predicted molar refractivity (Wildman–Crippen MR) is 161 cm³/mol. The van der Waals surface area contributed by atoms with E-state index in [1.807, 2.05) is 9.47 Å². The van der Waals surface area contributed by atoms with Gasteiger partial charge in [-0.2, -0.15) is 5.10 Å². The summed E-state index contributed by atoms with van der Waals surface area (Å²) in [6.07, 6.45) is 7.32. The summed E-state index contributed by atoms with van der Waals surface area (Å²) in [5.41, 5.74) is 6.48. The molecular weight excluding hydrogens is 601 g/mol. The zero-order chi connectivity index (χ0) is 32.3. The number of imidazole rings is 1. The monoisotopic (exact) mass is 632 g/mol. The molecule has 0 unspecified atom stereocenters. The van der Waals surface area contributed by atoms with Crippen molar-refractivity contribution in [1.29, 1.82) is 0 Å². The van der Waals surface area contributed by atoms with Gasteiger partial charge in [0, 0.05) is 42.5 Å². The third-order valence-electron chi connectivity index (χ3n) is 8.05. The first-order valence-corrected chi connectivity index (χ1v) is 14.6. The molecular formula is C31H31F3N10O2. The van der Waals surface area contributed by atoms with Crippen molar-refractivity contribution >= 4 is 11.9 Å². The summed E-state index contributed by atoms with van der Waals surface area (Å²) in [4.78, 5) is 31.9. The molecule has 0 aliphatic carbocycles. The summed E-state index contributed by atoms with van der Waals surface area (Å²) in [7, 11) is 0. The lowest BCUT2D eigenvalue weighted by Gasteiger charge is -2.33. The molecule has 46 heavy (non-hydrogen) atoms. The number of aliphatic hydroxyl groups is 1. The number of rotatable bonds is 10. The molecule has 3 aromatic heterocycles. The van der Waals surface area contributed by atoms with Gasteiger partial charge in [-0.05, 0) is 49.2 Å². The van der Waals surface area contributed by atoms with E-state index in [0.29, 0.717) is 43.4 Å². The maximum absolute atomic E-state index is 14.7. The van der Waals surface area contributed by atoms with Crippen LogP contribution in [-0.2, 0) is 16.9 Å². The number of piperidine rings is 1. The van der Waals surface area contributed by atoms with Crippen LogP contribution in [0.4, 0.5) is 19.1 Å². The Morgan fingerprint density at radius 2 is 1.78 bits per heavy atom. The number of hydrogen-bond acceptors (Lipinski definition) is 9. The van der Waals surface area contributed by atoms with Gasteiger partial charge in [0.1, 0.15) is 35.7 Å². The largest absolute Gasteiger partial charge is 0.381 e. The van der Waals surface area contributed by atoms with Crippen molar-refractivity contribution in [2.75, 3.05) is 31.9 Å². The van der Waals surface area contributed by atoms with Crippen molar-refractivity contribution in [3.05, 3.63) is 96.7 Å². The Morgan fingerprint density at radius 1 is 1.02 bits per heavy atom. The van der Waals surface area contributed by atoms with E-state index in [4.69, 9.17) is 5.73 Å². The van der Waals surface area contributed by atoms with Crippen LogP contribution in [0.1, 0.15) is 24.4 Å². The number of carbonyl (C=O) groups is 1. The molecule has 1 saturated heterocycles. The second-order valence-corrected chi connectivity index (χ2v) is 11.2. The molecule has 2 aromatic carbocycles. The standard InChI is InChI=1S/C31H31F3N10O2/c32-21-3-1-20(2-4-21)28-29(26-7-10-37-30(35)41-26)44(19-39-28)23-8-11-42(12-9-23)14-27(45)38-15-31(46,16-43-18-36-17-40-43)24-6-5-22(33)13-25(24)34/h1-7,10,13,17-19,23,46H,8-9,11-12,14-16H2,(H,38,45)(H2,35,37,41)/t31-/m0/s1. The molecule has 0 radical (unpaired) electrons. The number of carbonyl (C=O) groups excluding carboxylic acids is 1. The molecule has 4 heterocycles. The van der Waals surface area contributed by atoms with E-state index in [1.54, 1.807) is 30.7 Å². The Hall–Kier alpha value is -5.15. The number of nitrogens with two attached hydrogens (primary N) is 1. The molecule has 238 valence electrons. The van der Waals surface area contributed by atoms with Crippen molar-refractivity contribution in [3.63, 3.8) is 0 Å². The van der Waals surface area contributed by atoms with Crippen molar-refractivity contribution in [2.24, 2.45) is 0 Å². The highest BCUT2D eigenvalue weighted by molar-refractivity contribution is 5.78. The third kappa shape index (κ3) is 6.74. The van der Waals surface area contributed by atoms with Crippen LogP contribution in [0.5, 0.6) is 0 Å². The lowest BCUT2D eigenvalue weighted by atomic mass is 9.92. The minimum Gasteiger partial charge on any atom is -0.381 e. The van der Waals surface area contributed by atoms with Crippen molar-refractivity contribution in [1.82, 2.24) is 44.5 Å². The molecule has 1 aliphatic rings. The summed E-state index contributed by atoms with van der Waals surface area (Å²) in [6, 6.07) is 10.7. The van der Waals surface area contributed by atoms with E-state index in [-0.39, 0.29) is 48.9 Å². The lowest BCUT2D eigenvalue weighted by Crippen LogP contribution is -2.48. The SMILES string of the molecule is Nc1nccc(-c2c(-c3ccc(F)cc3)ncn2C2CCN(CC(=O)NC[C@](O)(Cn3cncn3)c3ccc(F)cc3F)CC2)n1. The van der Waals surface area contributed by atoms with Crippen LogP contribution in [0, 0.1) is 17.5 Å². The van der Waals surface area contributed by atoms with Gasteiger partial charge in [-0.15, -0.1) is 0 Å². The zero-order valence-corrected chi connectivity index (χ0v) is 24.6. The minimum atomic E-state index is -1.92. The smallest absolute Gasteiger partial charge is 0.234 e. The van der Waals surface area contributed by atoms with Gasteiger partial charge in [0.2, 0.25) is 11.9 Å². The van der Waals surface area contributed by atoms with E-state index >= 15 is 0 Å². The van der Waals surface area contributed by atoms with E-state index in [1.165, 1.54) is 29.5 Å². The van der Waals surface area contributed by atoms with Crippen LogP contribution >= 0.6 is 0 Å². The first-order valence-electron chi connectivity index (χ1n) is 14.6. The highest BCUT2D eigenvalue weighted by atomic mass is 19.1. The maximum Gasteiger partial charge on any atom is 0.234 e. The molecule has 15 heteroatoms. The zero-order valence-electron chi connectivity index (χ0n) is 24.6. The topological polar surface area (TPSA) is 153 Å². The number of amides is 1. The Kier molecular flexibility index (Phi) is 8.76. The Balaban J connectivity index is 1.13. The van der Waals surface area contributed by atoms with Crippen LogP contribution in [-0.4, -0.2) is 76.4 Å². The molecule has 5 aromatic rings. The highest BCUT2D eigenvalue weighted by Crippen LogP contribution is 2.35. The van der Waals surface area contributed by atoms with Crippen LogP contribution < -0.4 is 11.1 Å². The van der Waals surface area contributed by atoms with Gasteiger partial charge in [0.15, 0.2) is 0 Å². The fourth-order valence-corrected chi connectivity index (χ4v) is 5.76. The number of halogens is 3.